The van der Waals surface area contributed by atoms with Crippen molar-refractivity contribution in [1.29, 1.82) is 0 Å². The van der Waals surface area contributed by atoms with Crippen molar-refractivity contribution >= 4 is 57.9 Å². The van der Waals surface area contributed by atoms with Crippen LogP contribution in [0.25, 0.3) is 17.4 Å². The average Bonchev–Trinajstić information content (AvgIpc) is 3.14. The second-order valence-electron chi connectivity index (χ2n) is 4.74. The number of carbonyl (C=O) groups excluding carboxylic acids is 2. The average molecular weight is 380 g/mol. The van der Waals surface area contributed by atoms with E-state index in [-0.39, 0.29) is 11.5 Å². The van der Waals surface area contributed by atoms with Crippen molar-refractivity contribution in [2.45, 2.75) is 0 Å². The Bertz CT molecular complexity index is 888. The molecule has 0 radical (unpaired) electrons. The van der Waals surface area contributed by atoms with Crippen LogP contribution in [0.15, 0.2) is 39.7 Å². The summed E-state index contributed by atoms with van der Waals surface area (Å²) in [5, 5.41) is 2.84. The Kier molecular flexibility index (Phi) is 4.75. The van der Waals surface area contributed by atoms with Crippen LogP contribution in [0, 0.1) is 0 Å². The molecule has 0 saturated carbocycles. The van der Waals surface area contributed by atoms with Crippen molar-refractivity contribution in [3.05, 3.63) is 51.6 Å². The van der Waals surface area contributed by atoms with Gasteiger partial charge in [-0.25, -0.2) is 4.79 Å². The fourth-order valence-corrected chi connectivity index (χ4v) is 3.30. The number of thiocarbonyl (C=S) groups is 1. The zero-order chi connectivity index (χ0) is 17.3. The second-order valence-corrected chi connectivity index (χ2v) is 6.87. The number of furan rings is 1. The van der Waals surface area contributed by atoms with Gasteiger partial charge in [-0.05, 0) is 30.3 Å². The van der Waals surface area contributed by atoms with Crippen molar-refractivity contribution in [1.82, 2.24) is 5.32 Å². The number of halogens is 1. The predicted molar refractivity (Wildman–Crippen MR) is 96.8 cm³/mol. The molecule has 1 aromatic carbocycles. The number of carbonyl (C=O) groups is 2. The summed E-state index contributed by atoms with van der Waals surface area (Å²) < 4.78 is 10.8. The van der Waals surface area contributed by atoms with Gasteiger partial charge in [0.1, 0.15) is 15.8 Å². The second kappa shape index (κ2) is 6.80. The van der Waals surface area contributed by atoms with Gasteiger partial charge in [0.15, 0.2) is 0 Å². The highest BCUT2D eigenvalue weighted by Gasteiger charge is 2.22. The van der Waals surface area contributed by atoms with E-state index in [0.29, 0.717) is 31.3 Å². The lowest BCUT2D eigenvalue weighted by Crippen LogP contribution is -2.17. The first-order valence-electron chi connectivity index (χ1n) is 6.71. The molecule has 0 aliphatic carbocycles. The van der Waals surface area contributed by atoms with Crippen molar-refractivity contribution in [3.8, 4) is 11.3 Å². The number of nitrogens with one attached hydrogen (secondary N) is 1. The van der Waals surface area contributed by atoms with Gasteiger partial charge in [-0.15, -0.1) is 0 Å². The molecule has 1 aliphatic heterocycles. The molecule has 1 N–H and O–H groups in total. The van der Waals surface area contributed by atoms with Gasteiger partial charge < -0.3 is 14.5 Å². The molecular formula is C16H10ClNO4S2. The number of thioether (sulfide) groups is 1. The summed E-state index contributed by atoms with van der Waals surface area (Å²) in [5.74, 6) is 0.266. The number of rotatable bonds is 3. The summed E-state index contributed by atoms with van der Waals surface area (Å²) in [4.78, 5) is 23.8. The van der Waals surface area contributed by atoms with Gasteiger partial charge in [-0.1, -0.05) is 35.6 Å². The Balaban J connectivity index is 1.91. The number of amides is 1. The number of hydrogen-bond acceptors (Lipinski definition) is 6. The minimum Gasteiger partial charge on any atom is -0.465 e. The highest BCUT2D eigenvalue weighted by molar-refractivity contribution is 8.26. The van der Waals surface area contributed by atoms with E-state index >= 15 is 0 Å². The van der Waals surface area contributed by atoms with Crippen LogP contribution in [0.2, 0.25) is 5.02 Å². The van der Waals surface area contributed by atoms with Crippen LogP contribution in [0.3, 0.4) is 0 Å². The Morgan fingerprint density at radius 2 is 2.17 bits per heavy atom. The fourth-order valence-electron chi connectivity index (χ4n) is 2.08. The Morgan fingerprint density at radius 3 is 2.83 bits per heavy atom. The number of hydrogen-bond donors (Lipinski definition) is 1. The maximum absolute atomic E-state index is 11.7. The van der Waals surface area contributed by atoms with E-state index in [1.807, 2.05) is 0 Å². The summed E-state index contributed by atoms with van der Waals surface area (Å²) in [6.07, 6.45) is 1.61. The summed E-state index contributed by atoms with van der Waals surface area (Å²) in [6, 6.07) is 8.39. The smallest absolute Gasteiger partial charge is 0.339 e. The zero-order valence-corrected chi connectivity index (χ0v) is 14.7. The van der Waals surface area contributed by atoms with E-state index in [2.05, 4.69) is 5.32 Å². The molecular weight excluding hydrogens is 370 g/mol. The Labute approximate surface area is 152 Å². The SMILES string of the molecule is COC(=O)c1cc(-c2ccc(/C=C3\SC(=S)NC3=O)o2)ccc1Cl. The molecule has 2 aromatic rings. The lowest BCUT2D eigenvalue weighted by molar-refractivity contribution is -0.115. The van der Waals surface area contributed by atoms with Crippen LogP contribution in [0.4, 0.5) is 0 Å². The van der Waals surface area contributed by atoms with E-state index in [0.717, 1.165) is 0 Å². The molecule has 0 unspecified atom stereocenters. The van der Waals surface area contributed by atoms with Crippen LogP contribution in [0.5, 0.6) is 0 Å². The number of esters is 1. The topological polar surface area (TPSA) is 68.5 Å². The quantitative estimate of drug-likeness (QED) is 0.496. The molecule has 8 heteroatoms. The van der Waals surface area contributed by atoms with Gasteiger partial charge in [-0.3, -0.25) is 4.79 Å². The lowest BCUT2D eigenvalue weighted by atomic mass is 10.1. The van der Waals surface area contributed by atoms with E-state index in [1.165, 1.54) is 18.9 Å². The van der Waals surface area contributed by atoms with Crippen LogP contribution in [-0.4, -0.2) is 23.3 Å². The van der Waals surface area contributed by atoms with Crippen molar-refractivity contribution in [3.63, 3.8) is 0 Å². The standard InChI is InChI=1S/C16H10ClNO4S2/c1-21-15(20)10-6-8(2-4-11(10)17)12-5-3-9(22-12)7-13-14(19)18-16(23)24-13/h2-7H,1H3,(H,18,19,23)/b13-7-. The lowest BCUT2D eigenvalue weighted by Gasteiger charge is -2.04. The predicted octanol–water partition coefficient (Wildman–Crippen LogP) is 3.88. The van der Waals surface area contributed by atoms with E-state index < -0.39 is 5.97 Å². The van der Waals surface area contributed by atoms with E-state index in [4.69, 9.17) is 33.0 Å². The van der Waals surface area contributed by atoms with Crippen molar-refractivity contribution < 1.29 is 18.7 Å². The Morgan fingerprint density at radius 1 is 1.38 bits per heavy atom. The van der Waals surface area contributed by atoms with Crippen LogP contribution in [0.1, 0.15) is 16.1 Å². The number of ether oxygens (including phenoxy) is 1. The number of benzene rings is 1. The highest BCUT2D eigenvalue weighted by Crippen LogP contribution is 2.30. The first-order chi connectivity index (χ1) is 11.5. The molecule has 1 fully saturated rings. The third-order valence-corrected chi connectivity index (χ3v) is 4.69. The first-order valence-corrected chi connectivity index (χ1v) is 8.31. The highest BCUT2D eigenvalue weighted by atomic mass is 35.5. The van der Waals surface area contributed by atoms with Crippen molar-refractivity contribution in [2.75, 3.05) is 7.11 Å². The molecule has 0 spiro atoms. The van der Waals surface area contributed by atoms with Gasteiger partial charge in [-0.2, -0.15) is 0 Å². The van der Waals surface area contributed by atoms with Gasteiger partial charge in [0.05, 0.1) is 22.6 Å². The monoisotopic (exact) mass is 379 g/mol. The van der Waals surface area contributed by atoms with Gasteiger partial charge >= 0.3 is 5.97 Å². The first kappa shape index (κ1) is 16.8. The normalized spacial score (nSPS) is 15.7. The molecule has 3 rings (SSSR count). The molecule has 0 atom stereocenters. The third kappa shape index (κ3) is 3.38. The molecule has 24 heavy (non-hydrogen) atoms. The van der Waals surface area contributed by atoms with Crippen LogP contribution >= 0.6 is 35.6 Å². The number of methoxy groups -OCH3 is 1. The summed E-state index contributed by atoms with van der Waals surface area (Å²) in [7, 11) is 1.29. The largest absolute Gasteiger partial charge is 0.465 e. The zero-order valence-electron chi connectivity index (χ0n) is 12.3. The van der Waals surface area contributed by atoms with Gasteiger partial charge in [0, 0.05) is 11.6 Å². The minimum atomic E-state index is -0.525. The third-order valence-electron chi connectivity index (χ3n) is 3.20. The maximum atomic E-state index is 11.7. The fraction of sp³-hybridized carbons (Fsp3) is 0.0625. The molecule has 1 aliphatic rings. The summed E-state index contributed by atoms with van der Waals surface area (Å²) in [6.45, 7) is 0. The molecule has 1 aromatic heterocycles. The van der Waals surface area contributed by atoms with Crippen molar-refractivity contribution in [2.24, 2.45) is 0 Å². The summed E-state index contributed by atoms with van der Waals surface area (Å²) in [5.41, 5.74) is 0.924. The van der Waals surface area contributed by atoms with Gasteiger partial charge in [0.25, 0.3) is 5.91 Å². The summed E-state index contributed by atoms with van der Waals surface area (Å²) >= 11 is 12.1. The molecule has 0 bridgehead atoms. The molecule has 2 heterocycles. The van der Waals surface area contributed by atoms with E-state index in [1.54, 1.807) is 36.4 Å². The molecule has 1 saturated heterocycles. The molecule has 1 amide bonds. The van der Waals surface area contributed by atoms with Crippen LogP contribution < -0.4 is 5.32 Å². The maximum Gasteiger partial charge on any atom is 0.339 e. The van der Waals surface area contributed by atoms with E-state index in [9.17, 15) is 9.59 Å². The van der Waals surface area contributed by atoms with Gasteiger partial charge in [0.2, 0.25) is 0 Å². The molecule has 122 valence electrons. The molecule has 5 nitrogen and oxygen atoms in total. The Hall–Kier alpha value is -2.09. The van der Waals surface area contributed by atoms with Crippen LogP contribution in [-0.2, 0) is 9.53 Å². The minimum absolute atomic E-state index is 0.248.